The second kappa shape index (κ2) is 7.40. The van der Waals surface area contributed by atoms with E-state index in [0.29, 0.717) is 18.9 Å². The summed E-state index contributed by atoms with van der Waals surface area (Å²) in [5.41, 5.74) is 8.22. The molecule has 0 spiro atoms. The highest BCUT2D eigenvalue weighted by Crippen LogP contribution is 2.06. The third kappa shape index (κ3) is 4.48. The van der Waals surface area contributed by atoms with Gasteiger partial charge in [0.25, 0.3) is 0 Å². The van der Waals surface area contributed by atoms with E-state index in [4.69, 9.17) is 15.9 Å². The number of amidine groups is 1. The van der Waals surface area contributed by atoms with Crippen LogP contribution >= 0.6 is 0 Å². The summed E-state index contributed by atoms with van der Waals surface area (Å²) in [5, 5.41) is 7.34. The lowest BCUT2D eigenvalue weighted by molar-refractivity contribution is 0.118. The van der Waals surface area contributed by atoms with Gasteiger partial charge in [0, 0.05) is 12.8 Å². The van der Waals surface area contributed by atoms with Gasteiger partial charge >= 0.3 is 0 Å². The summed E-state index contributed by atoms with van der Waals surface area (Å²) < 4.78 is 5.64. The van der Waals surface area contributed by atoms with Gasteiger partial charge in [-0.15, -0.1) is 0 Å². The molecule has 0 radical (unpaired) electrons. The Labute approximate surface area is 119 Å². The number of hydrogen-bond donors (Lipinski definition) is 2. The van der Waals surface area contributed by atoms with Crippen molar-refractivity contribution < 1.29 is 4.74 Å². The molecule has 0 bridgehead atoms. The Morgan fingerprint density at radius 3 is 2.70 bits per heavy atom. The molecular formula is C16H19N3O. The van der Waals surface area contributed by atoms with E-state index in [2.05, 4.69) is 29.2 Å². The molecule has 2 rings (SSSR count). The summed E-state index contributed by atoms with van der Waals surface area (Å²) in [7, 11) is 0. The van der Waals surface area contributed by atoms with E-state index in [-0.39, 0.29) is 5.84 Å². The highest BCUT2D eigenvalue weighted by Gasteiger charge is 2.00. The van der Waals surface area contributed by atoms with Gasteiger partial charge in [-0.1, -0.05) is 30.3 Å². The highest BCUT2D eigenvalue weighted by molar-refractivity contribution is 5.93. The summed E-state index contributed by atoms with van der Waals surface area (Å²) >= 11 is 0. The number of rotatable bonds is 7. The van der Waals surface area contributed by atoms with Crippen molar-refractivity contribution in [2.75, 3.05) is 6.61 Å². The Morgan fingerprint density at radius 2 is 1.95 bits per heavy atom. The molecule has 1 aromatic heterocycles. The zero-order valence-corrected chi connectivity index (χ0v) is 11.4. The molecule has 20 heavy (non-hydrogen) atoms. The number of hydrogen-bond acceptors (Lipinski definition) is 3. The number of ether oxygens (including phenoxy) is 1. The second-order valence-electron chi connectivity index (χ2n) is 4.60. The van der Waals surface area contributed by atoms with Crippen molar-refractivity contribution >= 4 is 5.84 Å². The fourth-order valence-corrected chi connectivity index (χ4v) is 1.92. The third-order valence-corrected chi connectivity index (χ3v) is 2.97. The number of benzene rings is 1. The molecule has 0 atom stereocenters. The summed E-state index contributed by atoms with van der Waals surface area (Å²) in [6.45, 7) is 1.24. The number of nitrogen functional groups attached to an aromatic ring is 1. The van der Waals surface area contributed by atoms with Gasteiger partial charge in [0.1, 0.15) is 11.5 Å². The fourth-order valence-electron chi connectivity index (χ4n) is 1.92. The van der Waals surface area contributed by atoms with E-state index in [1.54, 1.807) is 12.3 Å². The van der Waals surface area contributed by atoms with E-state index in [1.807, 2.05) is 12.1 Å². The van der Waals surface area contributed by atoms with E-state index in [0.717, 1.165) is 18.4 Å². The smallest absolute Gasteiger partial charge is 0.141 e. The molecule has 3 N–H and O–H groups in total. The Bertz CT molecular complexity index is 555. The Balaban J connectivity index is 1.71. The SMILES string of the molecule is N=C(N)c1cc(COCCCc2ccccc2)ccn1. The summed E-state index contributed by atoms with van der Waals surface area (Å²) in [6, 6.07) is 14.1. The minimum Gasteiger partial charge on any atom is -0.382 e. The van der Waals surface area contributed by atoms with Crippen molar-refractivity contribution in [1.29, 1.82) is 5.41 Å². The third-order valence-electron chi connectivity index (χ3n) is 2.97. The van der Waals surface area contributed by atoms with E-state index in [1.165, 1.54) is 5.56 Å². The first-order valence-electron chi connectivity index (χ1n) is 6.66. The van der Waals surface area contributed by atoms with Gasteiger partial charge < -0.3 is 10.5 Å². The van der Waals surface area contributed by atoms with Gasteiger partial charge in [0.05, 0.1) is 6.61 Å². The van der Waals surface area contributed by atoms with Crippen LogP contribution in [0.1, 0.15) is 23.2 Å². The Kier molecular flexibility index (Phi) is 5.26. The topological polar surface area (TPSA) is 72.0 Å². The van der Waals surface area contributed by atoms with Crippen LogP contribution in [0.15, 0.2) is 48.7 Å². The lowest BCUT2D eigenvalue weighted by Gasteiger charge is -2.06. The highest BCUT2D eigenvalue weighted by atomic mass is 16.5. The molecule has 4 heteroatoms. The van der Waals surface area contributed by atoms with Gasteiger partial charge in [-0.25, -0.2) is 0 Å². The van der Waals surface area contributed by atoms with Crippen LogP contribution in [0, 0.1) is 5.41 Å². The first kappa shape index (κ1) is 14.2. The summed E-state index contributed by atoms with van der Waals surface area (Å²) in [4.78, 5) is 4.02. The quantitative estimate of drug-likeness (QED) is 0.461. The first-order valence-corrected chi connectivity index (χ1v) is 6.66. The Hall–Kier alpha value is -2.20. The predicted octanol–water partition coefficient (Wildman–Crippen LogP) is 2.52. The van der Waals surface area contributed by atoms with Gasteiger partial charge in [-0.05, 0) is 36.1 Å². The molecule has 1 heterocycles. The monoisotopic (exact) mass is 269 g/mol. The fraction of sp³-hybridized carbons (Fsp3) is 0.250. The first-order chi connectivity index (χ1) is 9.75. The molecule has 0 aliphatic rings. The molecule has 0 saturated heterocycles. The maximum absolute atomic E-state index is 7.34. The molecule has 0 aliphatic carbocycles. The van der Waals surface area contributed by atoms with Crippen LogP contribution in [-0.2, 0) is 17.8 Å². The minimum atomic E-state index is -0.0177. The van der Waals surface area contributed by atoms with Crippen molar-refractivity contribution in [2.24, 2.45) is 5.73 Å². The van der Waals surface area contributed by atoms with Crippen LogP contribution in [0.2, 0.25) is 0 Å². The zero-order chi connectivity index (χ0) is 14.2. The molecule has 0 unspecified atom stereocenters. The van der Waals surface area contributed by atoms with Crippen molar-refractivity contribution in [2.45, 2.75) is 19.4 Å². The molecule has 0 saturated carbocycles. The normalized spacial score (nSPS) is 10.4. The molecule has 0 aliphatic heterocycles. The van der Waals surface area contributed by atoms with Crippen molar-refractivity contribution in [1.82, 2.24) is 4.98 Å². The minimum absolute atomic E-state index is 0.0177. The standard InChI is InChI=1S/C16H19N3O/c17-16(18)15-11-14(8-9-19-15)12-20-10-4-7-13-5-2-1-3-6-13/h1-3,5-6,8-9,11H,4,7,10,12H2,(H3,17,18). The maximum atomic E-state index is 7.34. The van der Waals surface area contributed by atoms with Crippen molar-refractivity contribution in [3.05, 3.63) is 65.5 Å². The lowest BCUT2D eigenvalue weighted by atomic mass is 10.1. The van der Waals surface area contributed by atoms with E-state index in [9.17, 15) is 0 Å². The van der Waals surface area contributed by atoms with Gasteiger partial charge in [0.2, 0.25) is 0 Å². The van der Waals surface area contributed by atoms with Crippen molar-refractivity contribution in [3.63, 3.8) is 0 Å². The van der Waals surface area contributed by atoms with Crippen LogP contribution in [0.25, 0.3) is 0 Å². The number of nitrogens with two attached hydrogens (primary N) is 1. The molecular weight excluding hydrogens is 250 g/mol. The van der Waals surface area contributed by atoms with Crippen LogP contribution in [0.4, 0.5) is 0 Å². The summed E-state index contributed by atoms with van der Waals surface area (Å²) in [6.07, 6.45) is 3.67. The average molecular weight is 269 g/mol. The van der Waals surface area contributed by atoms with E-state index >= 15 is 0 Å². The molecule has 0 amide bonds. The number of nitrogens with zero attached hydrogens (tertiary/aromatic N) is 1. The van der Waals surface area contributed by atoms with Crippen LogP contribution in [0.3, 0.4) is 0 Å². The van der Waals surface area contributed by atoms with Gasteiger partial charge in [-0.2, -0.15) is 0 Å². The largest absolute Gasteiger partial charge is 0.382 e. The second-order valence-corrected chi connectivity index (χ2v) is 4.60. The van der Waals surface area contributed by atoms with Crippen LogP contribution in [-0.4, -0.2) is 17.4 Å². The average Bonchev–Trinajstić information content (AvgIpc) is 2.48. The van der Waals surface area contributed by atoms with Gasteiger partial charge in [-0.3, -0.25) is 10.4 Å². The van der Waals surface area contributed by atoms with Crippen LogP contribution < -0.4 is 5.73 Å². The maximum Gasteiger partial charge on any atom is 0.141 e. The summed E-state index contributed by atoms with van der Waals surface area (Å²) in [5.74, 6) is -0.0177. The molecule has 4 nitrogen and oxygen atoms in total. The lowest BCUT2D eigenvalue weighted by Crippen LogP contribution is -2.13. The van der Waals surface area contributed by atoms with Gasteiger partial charge in [0.15, 0.2) is 0 Å². The predicted molar refractivity (Wildman–Crippen MR) is 79.7 cm³/mol. The number of aryl methyl sites for hydroxylation is 1. The van der Waals surface area contributed by atoms with Crippen LogP contribution in [0.5, 0.6) is 0 Å². The Morgan fingerprint density at radius 1 is 1.15 bits per heavy atom. The number of aromatic nitrogens is 1. The zero-order valence-electron chi connectivity index (χ0n) is 11.4. The molecule has 104 valence electrons. The van der Waals surface area contributed by atoms with E-state index < -0.39 is 0 Å². The molecule has 0 fully saturated rings. The number of pyridine rings is 1. The molecule has 1 aromatic carbocycles. The van der Waals surface area contributed by atoms with Crippen molar-refractivity contribution in [3.8, 4) is 0 Å². The number of nitrogens with one attached hydrogen (secondary N) is 1. The molecule has 2 aromatic rings.